The van der Waals surface area contributed by atoms with E-state index in [0.29, 0.717) is 32.6 Å². The zero-order valence-electron chi connectivity index (χ0n) is 18.9. The van der Waals surface area contributed by atoms with Crippen molar-refractivity contribution < 1.29 is 18.4 Å². The molecule has 0 radical (unpaired) electrons. The molecule has 34 heavy (non-hydrogen) atoms. The fourth-order valence-electron chi connectivity index (χ4n) is 5.26. The van der Waals surface area contributed by atoms with Gasteiger partial charge in [0.05, 0.1) is 11.5 Å². The second kappa shape index (κ2) is 9.68. The lowest BCUT2D eigenvalue weighted by molar-refractivity contribution is -0.131. The summed E-state index contributed by atoms with van der Waals surface area (Å²) in [6.07, 6.45) is 2.37. The van der Waals surface area contributed by atoms with E-state index in [0.717, 1.165) is 30.6 Å². The standard InChI is InChI=1S/C25H29F2N5O2/c26-17-4-6-18(7-5-17)31-10-12-32(13-11-31)25(34)20-14-16(3-8-21(20)27)15-22-23-19(2-1-9-28-23)24(33)30-29-22/h3-8,14,19,22-23,28-29H,1-2,9-13,15H2,(H,30,33). The Bertz CT molecular complexity index is 1060. The SMILES string of the molecule is O=C1NNC(Cc2ccc(F)c(C(=O)N3CCN(c4ccc(F)cc4)CC3)c2)C2NCCCC12. The Kier molecular flexibility index (Phi) is 6.47. The number of carbonyl (C=O) groups excluding carboxylic acids is 2. The molecule has 5 rings (SSSR count). The number of hydrogen-bond acceptors (Lipinski definition) is 5. The van der Waals surface area contributed by atoms with Crippen LogP contribution in [0, 0.1) is 17.6 Å². The van der Waals surface area contributed by atoms with E-state index in [1.54, 1.807) is 29.2 Å². The Hall–Kier alpha value is -3.04. The molecule has 2 aromatic carbocycles. The maximum absolute atomic E-state index is 14.7. The highest BCUT2D eigenvalue weighted by atomic mass is 19.1. The summed E-state index contributed by atoms with van der Waals surface area (Å²) in [7, 11) is 0. The molecule has 3 atom stereocenters. The molecule has 3 saturated heterocycles. The van der Waals surface area contributed by atoms with Crippen LogP contribution in [0.2, 0.25) is 0 Å². The molecule has 0 bridgehead atoms. The molecule has 3 fully saturated rings. The largest absolute Gasteiger partial charge is 0.368 e. The Labute approximate surface area is 197 Å². The van der Waals surface area contributed by atoms with E-state index >= 15 is 0 Å². The molecule has 0 aliphatic carbocycles. The Balaban J connectivity index is 1.25. The van der Waals surface area contributed by atoms with E-state index in [1.807, 2.05) is 0 Å². The van der Waals surface area contributed by atoms with Crippen molar-refractivity contribution in [1.29, 1.82) is 0 Å². The molecule has 0 saturated carbocycles. The van der Waals surface area contributed by atoms with Crippen LogP contribution in [0.1, 0.15) is 28.8 Å². The average Bonchev–Trinajstić information content (AvgIpc) is 2.87. The Morgan fingerprint density at radius 1 is 1.03 bits per heavy atom. The van der Waals surface area contributed by atoms with E-state index in [1.165, 1.54) is 18.2 Å². The summed E-state index contributed by atoms with van der Waals surface area (Å²) in [6, 6.07) is 10.9. The van der Waals surface area contributed by atoms with Gasteiger partial charge in [0.25, 0.3) is 5.91 Å². The zero-order valence-corrected chi connectivity index (χ0v) is 18.9. The third kappa shape index (κ3) is 4.63. The first-order valence-electron chi connectivity index (χ1n) is 11.9. The van der Waals surface area contributed by atoms with Gasteiger partial charge in [-0.05, 0) is 67.8 Å². The maximum Gasteiger partial charge on any atom is 0.256 e. The van der Waals surface area contributed by atoms with Gasteiger partial charge in [-0.3, -0.25) is 15.0 Å². The van der Waals surface area contributed by atoms with Gasteiger partial charge in [-0.15, -0.1) is 0 Å². The van der Waals surface area contributed by atoms with Gasteiger partial charge in [0.1, 0.15) is 11.6 Å². The van der Waals surface area contributed by atoms with E-state index in [9.17, 15) is 18.4 Å². The van der Waals surface area contributed by atoms with Crippen molar-refractivity contribution in [3.63, 3.8) is 0 Å². The smallest absolute Gasteiger partial charge is 0.256 e. The molecular formula is C25H29F2N5O2. The molecule has 0 aromatic heterocycles. The van der Waals surface area contributed by atoms with E-state index in [-0.39, 0.29) is 41.2 Å². The average molecular weight is 470 g/mol. The maximum atomic E-state index is 14.7. The van der Waals surface area contributed by atoms with E-state index < -0.39 is 5.82 Å². The van der Waals surface area contributed by atoms with Crippen LogP contribution in [-0.4, -0.2) is 61.5 Å². The number of hydrazine groups is 1. The minimum absolute atomic E-state index is 0.00297. The third-order valence-electron chi connectivity index (χ3n) is 7.13. The number of halogens is 2. The minimum Gasteiger partial charge on any atom is -0.368 e. The number of anilines is 1. The van der Waals surface area contributed by atoms with Gasteiger partial charge in [-0.2, -0.15) is 0 Å². The number of carbonyl (C=O) groups is 2. The van der Waals surface area contributed by atoms with Crippen molar-refractivity contribution >= 4 is 17.5 Å². The van der Waals surface area contributed by atoms with E-state index in [2.05, 4.69) is 21.1 Å². The van der Waals surface area contributed by atoms with Crippen LogP contribution in [0.4, 0.5) is 14.5 Å². The van der Waals surface area contributed by atoms with Gasteiger partial charge in [0.15, 0.2) is 0 Å². The number of piperidine rings is 1. The molecule has 2 aromatic rings. The number of nitrogens with zero attached hydrogens (tertiary/aromatic N) is 2. The zero-order chi connectivity index (χ0) is 23.7. The van der Waals surface area contributed by atoms with Crippen molar-refractivity contribution in [2.75, 3.05) is 37.6 Å². The highest BCUT2D eigenvalue weighted by Crippen LogP contribution is 2.25. The fraction of sp³-hybridized carbons (Fsp3) is 0.440. The highest BCUT2D eigenvalue weighted by Gasteiger charge is 2.40. The second-order valence-electron chi connectivity index (χ2n) is 9.24. The monoisotopic (exact) mass is 469 g/mol. The summed E-state index contributed by atoms with van der Waals surface area (Å²) in [4.78, 5) is 29.1. The highest BCUT2D eigenvalue weighted by molar-refractivity contribution is 5.95. The van der Waals surface area contributed by atoms with Crippen LogP contribution in [0.5, 0.6) is 0 Å². The van der Waals surface area contributed by atoms with Crippen LogP contribution in [0.25, 0.3) is 0 Å². The summed E-state index contributed by atoms with van der Waals surface area (Å²) in [5.41, 5.74) is 7.67. The molecule has 3 unspecified atom stereocenters. The molecular weight excluding hydrogens is 440 g/mol. The summed E-state index contributed by atoms with van der Waals surface area (Å²) < 4.78 is 27.9. The van der Waals surface area contributed by atoms with E-state index in [4.69, 9.17) is 0 Å². The fourth-order valence-corrected chi connectivity index (χ4v) is 5.26. The molecule has 2 amide bonds. The van der Waals surface area contributed by atoms with Crippen molar-refractivity contribution in [2.24, 2.45) is 5.92 Å². The molecule has 0 spiro atoms. The van der Waals surface area contributed by atoms with Gasteiger partial charge in [-0.25, -0.2) is 14.2 Å². The number of fused-ring (bicyclic) bond motifs is 1. The van der Waals surface area contributed by atoms with Crippen molar-refractivity contribution in [2.45, 2.75) is 31.3 Å². The van der Waals surface area contributed by atoms with Crippen LogP contribution in [0.15, 0.2) is 42.5 Å². The molecule has 3 heterocycles. The van der Waals surface area contributed by atoms with Crippen LogP contribution in [0.3, 0.4) is 0 Å². The predicted molar refractivity (Wildman–Crippen MR) is 124 cm³/mol. The van der Waals surface area contributed by atoms with Gasteiger partial charge in [0, 0.05) is 44.0 Å². The Morgan fingerprint density at radius 2 is 1.79 bits per heavy atom. The normalized spacial score (nSPS) is 25.0. The molecule has 3 aliphatic heterocycles. The van der Waals surface area contributed by atoms with Crippen molar-refractivity contribution in [1.82, 2.24) is 21.1 Å². The van der Waals surface area contributed by atoms with Gasteiger partial charge in [0.2, 0.25) is 5.91 Å². The number of hydrogen-bond donors (Lipinski definition) is 3. The first-order valence-corrected chi connectivity index (χ1v) is 11.9. The summed E-state index contributed by atoms with van der Waals surface area (Å²) >= 11 is 0. The topological polar surface area (TPSA) is 76.7 Å². The number of piperazine rings is 1. The lowest BCUT2D eigenvalue weighted by Crippen LogP contribution is -2.67. The van der Waals surface area contributed by atoms with Gasteiger partial charge in [-0.1, -0.05) is 6.07 Å². The van der Waals surface area contributed by atoms with Crippen LogP contribution >= 0.6 is 0 Å². The first kappa shape index (κ1) is 22.7. The quantitative estimate of drug-likeness (QED) is 0.637. The summed E-state index contributed by atoms with van der Waals surface area (Å²) in [5.74, 6) is -1.22. The van der Waals surface area contributed by atoms with Crippen molar-refractivity contribution in [3.8, 4) is 0 Å². The lowest BCUT2D eigenvalue weighted by atomic mass is 9.82. The predicted octanol–water partition coefficient (Wildman–Crippen LogP) is 1.84. The first-order chi connectivity index (χ1) is 16.5. The lowest BCUT2D eigenvalue weighted by Gasteiger charge is -2.41. The number of amides is 2. The molecule has 3 aliphatic rings. The molecule has 9 heteroatoms. The number of rotatable bonds is 4. The molecule has 180 valence electrons. The van der Waals surface area contributed by atoms with Crippen LogP contribution in [-0.2, 0) is 11.2 Å². The Morgan fingerprint density at radius 3 is 2.56 bits per heavy atom. The summed E-state index contributed by atoms with van der Waals surface area (Å²) in [5, 5.41) is 3.44. The third-order valence-corrected chi connectivity index (χ3v) is 7.13. The molecule has 3 N–H and O–H groups in total. The number of nitrogens with one attached hydrogen (secondary N) is 3. The number of benzene rings is 2. The van der Waals surface area contributed by atoms with Gasteiger partial charge < -0.3 is 15.1 Å². The molecule has 7 nitrogen and oxygen atoms in total. The van der Waals surface area contributed by atoms with Crippen LogP contribution < -0.4 is 21.1 Å². The van der Waals surface area contributed by atoms with Crippen molar-refractivity contribution in [3.05, 3.63) is 65.2 Å². The summed E-state index contributed by atoms with van der Waals surface area (Å²) in [6.45, 7) is 2.98. The van der Waals surface area contributed by atoms with Gasteiger partial charge >= 0.3 is 0 Å². The second-order valence-corrected chi connectivity index (χ2v) is 9.24. The minimum atomic E-state index is -0.534.